The molecule has 0 bridgehead atoms. The number of hydrogen-bond acceptors (Lipinski definition) is 6. The Labute approximate surface area is 145 Å². The second kappa shape index (κ2) is 5.82. The number of imide groups is 1. The van der Waals surface area contributed by atoms with Crippen LogP contribution in [0.3, 0.4) is 0 Å². The van der Waals surface area contributed by atoms with Crippen LogP contribution < -0.4 is 4.90 Å². The van der Waals surface area contributed by atoms with E-state index in [4.69, 9.17) is 0 Å². The minimum absolute atomic E-state index is 0.240. The van der Waals surface area contributed by atoms with Gasteiger partial charge in [-0.1, -0.05) is 15.9 Å². The zero-order valence-electron chi connectivity index (χ0n) is 12.7. The lowest BCUT2D eigenvalue weighted by atomic mass is 9.98. The molecule has 1 aromatic rings. The summed E-state index contributed by atoms with van der Waals surface area (Å²) in [4.78, 5) is 50.1. The molecule has 24 heavy (non-hydrogen) atoms. The molecule has 2 heterocycles. The average molecular weight is 394 g/mol. The third-order valence-electron chi connectivity index (χ3n) is 3.85. The highest BCUT2D eigenvalue weighted by Crippen LogP contribution is 2.35. The molecule has 2 aliphatic heterocycles. The quantitative estimate of drug-likeness (QED) is 0.544. The standard InChI is InChI=1S/C15H12BrN3O5/c1-7(20)19-12-10(11(17-19)15(23)24-2)13(21)18(14(12)22)9-5-3-8(16)4-6-9/h3-6,10,12H,1-2H3. The molecule has 3 amide bonds. The van der Waals surface area contributed by atoms with E-state index in [0.717, 1.165) is 21.5 Å². The van der Waals surface area contributed by atoms with Crippen LogP contribution in [0.1, 0.15) is 6.92 Å². The van der Waals surface area contributed by atoms with E-state index >= 15 is 0 Å². The van der Waals surface area contributed by atoms with E-state index in [9.17, 15) is 19.2 Å². The van der Waals surface area contributed by atoms with Crippen LogP contribution in [0.2, 0.25) is 0 Å². The number of esters is 1. The monoisotopic (exact) mass is 393 g/mol. The van der Waals surface area contributed by atoms with Gasteiger partial charge in [-0.2, -0.15) is 5.10 Å². The van der Waals surface area contributed by atoms with Gasteiger partial charge in [0.15, 0.2) is 11.8 Å². The zero-order valence-corrected chi connectivity index (χ0v) is 14.3. The lowest BCUT2D eigenvalue weighted by Gasteiger charge is -2.19. The van der Waals surface area contributed by atoms with E-state index in [0.29, 0.717) is 5.69 Å². The minimum atomic E-state index is -1.16. The van der Waals surface area contributed by atoms with Crippen molar-refractivity contribution in [2.75, 3.05) is 12.0 Å². The first-order valence-electron chi connectivity index (χ1n) is 6.96. The van der Waals surface area contributed by atoms with E-state index in [1.807, 2.05) is 0 Å². The van der Waals surface area contributed by atoms with Gasteiger partial charge in [0, 0.05) is 11.4 Å². The van der Waals surface area contributed by atoms with Crippen LogP contribution in [-0.4, -0.2) is 47.6 Å². The zero-order chi connectivity index (χ0) is 17.6. The van der Waals surface area contributed by atoms with E-state index in [1.165, 1.54) is 6.92 Å². The molecule has 8 nitrogen and oxygen atoms in total. The minimum Gasteiger partial charge on any atom is -0.464 e. The van der Waals surface area contributed by atoms with Gasteiger partial charge in [0.25, 0.3) is 5.91 Å². The number of carbonyl (C=O) groups excluding carboxylic acids is 4. The van der Waals surface area contributed by atoms with Crippen molar-refractivity contribution in [3.05, 3.63) is 28.7 Å². The predicted octanol–water partition coefficient (Wildman–Crippen LogP) is 0.698. The number of halogens is 1. The molecular formula is C15H12BrN3O5. The van der Waals surface area contributed by atoms with Crippen molar-refractivity contribution in [3.8, 4) is 0 Å². The number of hydrogen-bond donors (Lipinski definition) is 0. The molecule has 9 heteroatoms. The fourth-order valence-electron chi connectivity index (χ4n) is 2.79. The topological polar surface area (TPSA) is 96.3 Å². The maximum Gasteiger partial charge on any atom is 0.355 e. The number of amides is 3. The van der Waals surface area contributed by atoms with E-state index in [-0.39, 0.29) is 5.71 Å². The Hall–Kier alpha value is -2.55. The van der Waals surface area contributed by atoms with Crippen molar-refractivity contribution in [2.45, 2.75) is 13.0 Å². The van der Waals surface area contributed by atoms with Gasteiger partial charge in [0.1, 0.15) is 5.92 Å². The van der Waals surface area contributed by atoms with Crippen LogP contribution in [0, 0.1) is 5.92 Å². The number of ether oxygens (including phenoxy) is 1. The number of carbonyl (C=O) groups is 4. The summed E-state index contributed by atoms with van der Waals surface area (Å²) >= 11 is 3.28. The van der Waals surface area contributed by atoms with E-state index in [2.05, 4.69) is 25.8 Å². The molecular weight excluding hydrogens is 382 g/mol. The van der Waals surface area contributed by atoms with Crippen molar-refractivity contribution >= 4 is 51.0 Å². The lowest BCUT2D eigenvalue weighted by molar-refractivity contribution is -0.136. The first-order valence-corrected chi connectivity index (χ1v) is 7.76. The van der Waals surface area contributed by atoms with E-state index < -0.39 is 35.7 Å². The molecule has 2 atom stereocenters. The lowest BCUT2D eigenvalue weighted by Crippen LogP contribution is -2.41. The van der Waals surface area contributed by atoms with Crippen LogP contribution >= 0.6 is 15.9 Å². The molecule has 2 aliphatic rings. The normalized spacial score (nSPS) is 22.5. The highest BCUT2D eigenvalue weighted by molar-refractivity contribution is 9.10. The third-order valence-corrected chi connectivity index (χ3v) is 4.38. The maximum atomic E-state index is 12.7. The van der Waals surface area contributed by atoms with Crippen LogP contribution in [-0.2, 0) is 23.9 Å². The molecule has 1 fully saturated rings. The number of rotatable bonds is 2. The van der Waals surface area contributed by atoms with Crippen molar-refractivity contribution in [3.63, 3.8) is 0 Å². The molecule has 0 N–H and O–H groups in total. The number of fused-ring (bicyclic) bond motifs is 1. The second-order valence-electron chi connectivity index (χ2n) is 5.25. The van der Waals surface area contributed by atoms with Crippen molar-refractivity contribution in [1.29, 1.82) is 0 Å². The molecule has 3 rings (SSSR count). The Morgan fingerprint density at radius 1 is 1.17 bits per heavy atom. The summed E-state index contributed by atoms with van der Waals surface area (Å²) in [6, 6.07) is 5.39. The van der Waals surface area contributed by atoms with Gasteiger partial charge in [0.2, 0.25) is 11.8 Å². The van der Waals surface area contributed by atoms with Gasteiger partial charge in [-0.15, -0.1) is 0 Å². The van der Waals surface area contributed by atoms with Gasteiger partial charge >= 0.3 is 5.97 Å². The number of methoxy groups -OCH3 is 1. The molecule has 1 saturated heterocycles. The smallest absolute Gasteiger partial charge is 0.355 e. The summed E-state index contributed by atoms with van der Waals surface area (Å²) in [5, 5.41) is 4.71. The SMILES string of the molecule is COC(=O)C1=NN(C(C)=O)C2C(=O)N(c3ccc(Br)cc3)C(=O)C12. The van der Waals surface area contributed by atoms with Gasteiger partial charge in [-0.25, -0.2) is 14.7 Å². The Kier molecular flexibility index (Phi) is 3.96. The Bertz CT molecular complexity index is 789. The molecule has 0 radical (unpaired) electrons. The molecule has 2 unspecified atom stereocenters. The number of nitrogens with zero attached hydrogens (tertiary/aromatic N) is 3. The van der Waals surface area contributed by atoms with Crippen LogP contribution in [0.4, 0.5) is 5.69 Å². The molecule has 0 saturated carbocycles. The summed E-state index contributed by atoms with van der Waals surface area (Å²) in [5.41, 5.74) is 0.117. The fraction of sp³-hybridized carbons (Fsp3) is 0.267. The average Bonchev–Trinajstić information content (AvgIpc) is 3.06. The molecule has 0 spiro atoms. The van der Waals surface area contributed by atoms with Gasteiger partial charge in [-0.3, -0.25) is 14.4 Å². The van der Waals surface area contributed by atoms with Gasteiger partial charge in [-0.05, 0) is 24.3 Å². The summed E-state index contributed by atoms with van der Waals surface area (Å²) < 4.78 is 5.40. The number of anilines is 1. The summed E-state index contributed by atoms with van der Waals surface area (Å²) in [6.07, 6.45) is 0. The Morgan fingerprint density at radius 2 is 1.79 bits per heavy atom. The number of benzene rings is 1. The first-order chi connectivity index (χ1) is 11.4. The maximum absolute atomic E-state index is 12.7. The van der Waals surface area contributed by atoms with Crippen LogP contribution in [0.25, 0.3) is 0 Å². The number of hydrazone groups is 1. The van der Waals surface area contributed by atoms with Crippen molar-refractivity contribution < 1.29 is 23.9 Å². The van der Waals surface area contributed by atoms with E-state index in [1.54, 1.807) is 24.3 Å². The molecule has 0 aromatic heterocycles. The van der Waals surface area contributed by atoms with Crippen LogP contribution in [0.5, 0.6) is 0 Å². The third kappa shape index (κ3) is 2.32. The summed E-state index contributed by atoms with van der Waals surface area (Å²) in [7, 11) is 1.14. The fourth-order valence-corrected chi connectivity index (χ4v) is 3.06. The first kappa shape index (κ1) is 16.3. The van der Waals surface area contributed by atoms with Crippen molar-refractivity contribution in [2.24, 2.45) is 11.0 Å². The molecule has 1 aromatic carbocycles. The predicted molar refractivity (Wildman–Crippen MR) is 85.9 cm³/mol. The molecule has 124 valence electrons. The molecule has 0 aliphatic carbocycles. The largest absolute Gasteiger partial charge is 0.464 e. The summed E-state index contributed by atoms with van der Waals surface area (Å²) in [5.74, 6) is -3.75. The van der Waals surface area contributed by atoms with Crippen molar-refractivity contribution in [1.82, 2.24) is 5.01 Å². The Balaban J connectivity index is 2.05. The van der Waals surface area contributed by atoms with Crippen LogP contribution in [0.15, 0.2) is 33.8 Å². The highest BCUT2D eigenvalue weighted by atomic mass is 79.9. The van der Waals surface area contributed by atoms with Gasteiger partial charge < -0.3 is 4.74 Å². The van der Waals surface area contributed by atoms with Gasteiger partial charge in [0.05, 0.1) is 12.8 Å². The Morgan fingerprint density at radius 3 is 2.33 bits per heavy atom. The summed E-state index contributed by atoms with van der Waals surface area (Å²) in [6.45, 7) is 1.21. The second-order valence-corrected chi connectivity index (χ2v) is 6.17. The highest BCUT2D eigenvalue weighted by Gasteiger charge is 2.59.